The van der Waals surface area contributed by atoms with Crippen LogP contribution in [0.5, 0.6) is 0 Å². The van der Waals surface area contributed by atoms with E-state index in [1.807, 2.05) is 18.2 Å². The molecule has 0 aliphatic heterocycles. The van der Waals surface area contributed by atoms with Crippen molar-refractivity contribution in [2.75, 3.05) is 0 Å². The van der Waals surface area contributed by atoms with Gasteiger partial charge in [-0.1, -0.05) is 28.1 Å². The summed E-state index contributed by atoms with van der Waals surface area (Å²) in [4.78, 5) is 0. The zero-order valence-corrected chi connectivity index (χ0v) is 10.9. The molecule has 1 aromatic carbocycles. The highest BCUT2D eigenvalue weighted by molar-refractivity contribution is 9.10. The SMILES string of the molecule is OCc1ccc(CNCc2cccc(Br)c2)o1. The van der Waals surface area contributed by atoms with Gasteiger partial charge in [-0.05, 0) is 29.8 Å². The summed E-state index contributed by atoms with van der Waals surface area (Å²) in [5.74, 6) is 1.44. The smallest absolute Gasteiger partial charge is 0.129 e. The Bertz CT molecular complexity index is 482. The average molecular weight is 296 g/mol. The summed E-state index contributed by atoms with van der Waals surface area (Å²) in [7, 11) is 0. The number of halogens is 1. The van der Waals surface area contributed by atoms with Gasteiger partial charge in [-0.2, -0.15) is 0 Å². The molecule has 1 heterocycles. The van der Waals surface area contributed by atoms with E-state index in [2.05, 4.69) is 33.4 Å². The Morgan fingerprint density at radius 2 is 1.94 bits per heavy atom. The van der Waals surface area contributed by atoms with Gasteiger partial charge in [-0.3, -0.25) is 0 Å². The van der Waals surface area contributed by atoms with Crippen LogP contribution >= 0.6 is 15.9 Å². The minimum atomic E-state index is -0.0500. The van der Waals surface area contributed by atoms with Crippen molar-refractivity contribution >= 4 is 15.9 Å². The van der Waals surface area contributed by atoms with Crippen LogP contribution in [-0.4, -0.2) is 5.11 Å². The minimum absolute atomic E-state index is 0.0500. The first kappa shape index (κ1) is 12.4. The molecule has 0 atom stereocenters. The van der Waals surface area contributed by atoms with Crippen LogP contribution in [0, 0.1) is 0 Å². The zero-order valence-electron chi connectivity index (χ0n) is 9.32. The standard InChI is InChI=1S/C13H14BrNO2/c14-11-3-1-2-10(6-11)7-15-8-12-4-5-13(9-16)17-12/h1-6,15-16H,7-9H2. The average Bonchev–Trinajstić information content (AvgIpc) is 2.77. The maximum absolute atomic E-state index is 8.87. The van der Waals surface area contributed by atoms with Crippen molar-refractivity contribution in [1.29, 1.82) is 0 Å². The molecule has 2 aromatic rings. The van der Waals surface area contributed by atoms with Crippen LogP contribution in [0.25, 0.3) is 0 Å². The van der Waals surface area contributed by atoms with E-state index >= 15 is 0 Å². The quantitative estimate of drug-likeness (QED) is 0.892. The van der Waals surface area contributed by atoms with E-state index in [4.69, 9.17) is 9.52 Å². The summed E-state index contributed by atoms with van der Waals surface area (Å²) >= 11 is 3.44. The third-order valence-electron chi connectivity index (χ3n) is 2.39. The maximum atomic E-state index is 8.87. The molecule has 4 heteroatoms. The summed E-state index contributed by atoms with van der Waals surface area (Å²) in [5, 5.41) is 12.2. The van der Waals surface area contributed by atoms with Crippen molar-refractivity contribution in [2.45, 2.75) is 19.7 Å². The van der Waals surface area contributed by atoms with Crippen molar-refractivity contribution in [1.82, 2.24) is 5.32 Å². The highest BCUT2D eigenvalue weighted by atomic mass is 79.9. The molecule has 0 aliphatic rings. The van der Waals surface area contributed by atoms with E-state index in [1.165, 1.54) is 5.56 Å². The monoisotopic (exact) mass is 295 g/mol. The number of aliphatic hydroxyl groups excluding tert-OH is 1. The second-order valence-corrected chi connectivity index (χ2v) is 4.68. The van der Waals surface area contributed by atoms with Gasteiger partial charge in [-0.25, -0.2) is 0 Å². The van der Waals surface area contributed by atoms with E-state index in [0.29, 0.717) is 12.3 Å². The topological polar surface area (TPSA) is 45.4 Å². The molecule has 3 nitrogen and oxygen atoms in total. The van der Waals surface area contributed by atoms with Crippen LogP contribution in [0.15, 0.2) is 45.3 Å². The number of nitrogens with one attached hydrogen (secondary N) is 1. The van der Waals surface area contributed by atoms with Crippen molar-refractivity contribution in [3.05, 3.63) is 58.0 Å². The van der Waals surface area contributed by atoms with Crippen LogP contribution in [0.4, 0.5) is 0 Å². The molecule has 0 unspecified atom stereocenters. The number of furan rings is 1. The molecule has 0 saturated heterocycles. The molecule has 0 aliphatic carbocycles. The summed E-state index contributed by atoms with van der Waals surface area (Å²) in [6.45, 7) is 1.40. The molecular weight excluding hydrogens is 282 g/mol. The van der Waals surface area contributed by atoms with E-state index in [1.54, 1.807) is 6.07 Å². The van der Waals surface area contributed by atoms with Crippen LogP contribution in [0.3, 0.4) is 0 Å². The lowest BCUT2D eigenvalue weighted by Gasteiger charge is -2.03. The van der Waals surface area contributed by atoms with Gasteiger partial charge in [-0.15, -0.1) is 0 Å². The summed E-state index contributed by atoms with van der Waals surface area (Å²) in [6, 6.07) is 11.8. The Kier molecular flexibility index (Phi) is 4.36. The van der Waals surface area contributed by atoms with Gasteiger partial charge in [0.2, 0.25) is 0 Å². The maximum Gasteiger partial charge on any atom is 0.129 e. The highest BCUT2D eigenvalue weighted by Crippen LogP contribution is 2.12. The lowest BCUT2D eigenvalue weighted by atomic mass is 10.2. The Morgan fingerprint density at radius 3 is 2.65 bits per heavy atom. The van der Waals surface area contributed by atoms with Crippen LogP contribution in [-0.2, 0) is 19.7 Å². The Morgan fingerprint density at radius 1 is 1.12 bits per heavy atom. The second kappa shape index (κ2) is 6.00. The van der Waals surface area contributed by atoms with Gasteiger partial charge in [0.25, 0.3) is 0 Å². The Labute approximate surface area is 109 Å². The Hall–Kier alpha value is -1.10. The van der Waals surface area contributed by atoms with Crippen LogP contribution in [0.1, 0.15) is 17.1 Å². The molecule has 0 spiro atoms. The zero-order chi connectivity index (χ0) is 12.1. The van der Waals surface area contributed by atoms with Crippen LogP contribution < -0.4 is 5.32 Å². The third kappa shape index (κ3) is 3.70. The van der Waals surface area contributed by atoms with Gasteiger partial charge in [0, 0.05) is 11.0 Å². The number of hydrogen-bond acceptors (Lipinski definition) is 3. The molecule has 90 valence electrons. The molecule has 0 fully saturated rings. The van der Waals surface area contributed by atoms with Crippen molar-refractivity contribution in [3.63, 3.8) is 0 Å². The normalized spacial score (nSPS) is 10.7. The van der Waals surface area contributed by atoms with Gasteiger partial charge in [0.15, 0.2) is 0 Å². The number of hydrogen-bond donors (Lipinski definition) is 2. The number of benzene rings is 1. The van der Waals surface area contributed by atoms with Crippen molar-refractivity contribution in [3.8, 4) is 0 Å². The van der Waals surface area contributed by atoms with Gasteiger partial charge in [0.1, 0.15) is 18.1 Å². The first-order valence-corrected chi connectivity index (χ1v) is 6.21. The first-order valence-electron chi connectivity index (χ1n) is 5.41. The number of rotatable bonds is 5. The van der Waals surface area contributed by atoms with Crippen molar-refractivity contribution < 1.29 is 9.52 Å². The molecule has 2 rings (SSSR count). The second-order valence-electron chi connectivity index (χ2n) is 3.76. The molecule has 0 radical (unpaired) electrons. The van der Waals surface area contributed by atoms with Crippen molar-refractivity contribution in [2.24, 2.45) is 0 Å². The lowest BCUT2D eigenvalue weighted by Crippen LogP contribution is -2.11. The molecule has 0 bridgehead atoms. The largest absolute Gasteiger partial charge is 0.462 e. The van der Waals surface area contributed by atoms with Crippen LogP contribution in [0.2, 0.25) is 0 Å². The summed E-state index contributed by atoms with van der Waals surface area (Å²) in [5.41, 5.74) is 1.22. The van der Waals surface area contributed by atoms with Gasteiger partial charge in [0.05, 0.1) is 6.54 Å². The van der Waals surface area contributed by atoms with E-state index in [9.17, 15) is 0 Å². The molecule has 1 aromatic heterocycles. The fourth-order valence-corrected chi connectivity index (χ4v) is 2.03. The summed E-state index contributed by atoms with van der Waals surface area (Å²) < 4.78 is 6.45. The Balaban J connectivity index is 1.83. The fourth-order valence-electron chi connectivity index (χ4n) is 1.58. The predicted octanol–water partition coefficient (Wildman–Crippen LogP) is 2.82. The molecule has 17 heavy (non-hydrogen) atoms. The molecule has 2 N–H and O–H groups in total. The molecule has 0 saturated carbocycles. The van der Waals surface area contributed by atoms with Gasteiger partial charge < -0.3 is 14.8 Å². The lowest BCUT2D eigenvalue weighted by molar-refractivity contribution is 0.242. The molecule has 0 amide bonds. The van der Waals surface area contributed by atoms with E-state index < -0.39 is 0 Å². The number of aliphatic hydroxyl groups is 1. The van der Waals surface area contributed by atoms with E-state index in [-0.39, 0.29) is 6.61 Å². The predicted molar refractivity (Wildman–Crippen MR) is 69.3 cm³/mol. The molecular formula is C13H14BrNO2. The summed E-state index contributed by atoms with van der Waals surface area (Å²) in [6.07, 6.45) is 0. The first-order chi connectivity index (χ1) is 8.28. The minimum Gasteiger partial charge on any atom is -0.462 e. The van der Waals surface area contributed by atoms with E-state index in [0.717, 1.165) is 16.8 Å². The third-order valence-corrected chi connectivity index (χ3v) is 2.88. The van der Waals surface area contributed by atoms with Gasteiger partial charge >= 0.3 is 0 Å². The highest BCUT2D eigenvalue weighted by Gasteiger charge is 2.00. The fraction of sp³-hybridized carbons (Fsp3) is 0.231.